The minimum Gasteiger partial charge on any atom is -0.375 e. The van der Waals surface area contributed by atoms with Crippen LogP contribution in [0.2, 0.25) is 5.02 Å². The molecule has 0 aliphatic carbocycles. The van der Waals surface area contributed by atoms with Crippen molar-refractivity contribution in [2.45, 2.75) is 37.8 Å². The molecule has 0 aliphatic rings. The second-order valence-corrected chi connectivity index (χ2v) is 7.76. The Kier molecular flexibility index (Phi) is 6.80. The van der Waals surface area contributed by atoms with Gasteiger partial charge in [-0.2, -0.15) is 0 Å². The van der Waals surface area contributed by atoms with E-state index in [1.165, 1.54) is 6.07 Å². The highest BCUT2D eigenvalue weighted by Gasteiger charge is 2.20. The summed E-state index contributed by atoms with van der Waals surface area (Å²) < 4.78 is 33.3. The molecule has 1 N–H and O–H groups in total. The summed E-state index contributed by atoms with van der Waals surface area (Å²) in [6.45, 7) is 4.51. The zero-order valence-electron chi connectivity index (χ0n) is 13.8. The number of ether oxygens (including phenoxy) is 1. The van der Waals surface area contributed by atoms with Crippen LogP contribution in [0.5, 0.6) is 0 Å². The van der Waals surface area contributed by atoms with E-state index in [0.29, 0.717) is 24.7 Å². The van der Waals surface area contributed by atoms with Crippen LogP contribution in [0.15, 0.2) is 53.4 Å². The highest BCUT2D eigenvalue weighted by molar-refractivity contribution is 7.89. The minimum atomic E-state index is -3.62. The first-order valence-corrected chi connectivity index (χ1v) is 9.68. The molecule has 0 spiro atoms. The maximum Gasteiger partial charge on any atom is 0.240 e. The monoisotopic (exact) mass is 367 g/mol. The van der Waals surface area contributed by atoms with E-state index in [1.54, 1.807) is 12.1 Å². The van der Waals surface area contributed by atoms with Gasteiger partial charge < -0.3 is 4.74 Å². The first-order valence-electron chi connectivity index (χ1n) is 7.82. The molecule has 2 aromatic rings. The third-order valence-electron chi connectivity index (χ3n) is 3.70. The number of nitrogens with one attached hydrogen (secondary N) is 1. The van der Waals surface area contributed by atoms with E-state index in [9.17, 15) is 8.42 Å². The normalized spacial score (nSPS) is 13.0. The van der Waals surface area contributed by atoms with Gasteiger partial charge in [0.2, 0.25) is 10.0 Å². The summed E-state index contributed by atoms with van der Waals surface area (Å²) in [7, 11) is -3.62. The lowest BCUT2D eigenvalue weighted by molar-refractivity contribution is 0.103. The Hall–Kier alpha value is -1.40. The van der Waals surface area contributed by atoms with Gasteiger partial charge in [0.25, 0.3) is 0 Å². The van der Waals surface area contributed by atoms with E-state index in [1.807, 2.05) is 44.2 Å². The summed E-state index contributed by atoms with van der Waals surface area (Å²) in [4.78, 5) is 0.166. The van der Waals surface area contributed by atoms with Gasteiger partial charge in [-0.3, -0.25) is 0 Å². The maximum atomic E-state index is 12.5. The molecule has 0 aliphatic heterocycles. The van der Waals surface area contributed by atoms with Gasteiger partial charge in [0.1, 0.15) is 0 Å². The topological polar surface area (TPSA) is 55.4 Å². The molecule has 1 unspecified atom stereocenters. The number of hydrogen-bond donors (Lipinski definition) is 1. The van der Waals surface area contributed by atoms with Crippen LogP contribution in [0.4, 0.5) is 0 Å². The summed E-state index contributed by atoms with van der Waals surface area (Å²) in [6.07, 6.45) is 0.633. The van der Waals surface area contributed by atoms with E-state index >= 15 is 0 Å². The van der Waals surface area contributed by atoms with Gasteiger partial charge in [0.05, 0.1) is 18.1 Å². The van der Waals surface area contributed by atoms with Crippen LogP contribution in [0.25, 0.3) is 0 Å². The summed E-state index contributed by atoms with van der Waals surface area (Å²) in [6, 6.07) is 14.2. The highest BCUT2D eigenvalue weighted by Crippen LogP contribution is 2.20. The summed E-state index contributed by atoms with van der Waals surface area (Å²) >= 11 is 6.02. The molecule has 0 saturated heterocycles. The van der Waals surface area contributed by atoms with E-state index in [0.717, 1.165) is 11.1 Å². The largest absolute Gasteiger partial charge is 0.375 e. The fourth-order valence-corrected chi connectivity index (χ4v) is 3.73. The van der Waals surface area contributed by atoms with Crippen LogP contribution < -0.4 is 4.72 Å². The molecule has 2 aromatic carbocycles. The Bertz CT molecular complexity index is 763. The first-order chi connectivity index (χ1) is 11.4. The van der Waals surface area contributed by atoms with Gasteiger partial charge >= 0.3 is 0 Å². The molecule has 0 radical (unpaired) electrons. The van der Waals surface area contributed by atoms with Crippen molar-refractivity contribution in [3.8, 4) is 0 Å². The van der Waals surface area contributed by atoms with Crippen molar-refractivity contribution >= 4 is 21.6 Å². The third-order valence-corrected chi connectivity index (χ3v) is 5.62. The number of aryl methyl sites for hydroxylation is 1. The summed E-state index contributed by atoms with van der Waals surface area (Å²) in [5.74, 6) is 0. The Morgan fingerprint density at radius 3 is 2.50 bits per heavy atom. The fourth-order valence-electron chi connectivity index (χ4n) is 2.16. The van der Waals surface area contributed by atoms with Crippen LogP contribution in [-0.2, 0) is 21.4 Å². The molecular weight excluding hydrogens is 346 g/mol. The lowest BCUT2D eigenvalue weighted by Gasteiger charge is -2.17. The molecule has 24 heavy (non-hydrogen) atoms. The zero-order valence-corrected chi connectivity index (χ0v) is 15.4. The quantitative estimate of drug-likeness (QED) is 0.769. The van der Waals surface area contributed by atoms with Crippen molar-refractivity contribution in [1.82, 2.24) is 4.72 Å². The Balaban J connectivity index is 1.96. The molecule has 2 rings (SSSR count). The lowest BCUT2D eigenvalue weighted by Crippen LogP contribution is -2.37. The molecule has 0 heterocycles. The van der Waals surface area contributed by atoms with Gasteiger partial charge in [0, 0.05) is 11.1 Å². The van der Waals surface area contributed by atoms with Gasteiger partial charge in [-0.1, -0.05) is 54.9 Å². The molecule has 4 nitrogen and oxygen atoms in total. The molecule has 1 atom stereocenters. The minimum absolute atomic E-state index is 0.166. The standard InChI is InChI=1S/C18H22ClNO3S/c1-3-16(13-23-12-15-7-5-4-6-8-15)20-24(21,22)17-10-9-14(2)18(19)11-17/h4-11,16,20H,3,12-13H2,1-2H3. The number of sulfonamides is 1. The average molecular weight is 368 g/mol. The Morgan fingerprint density at radius 1 is 1.17 bits per heavy atom. The molecule has 0 amide bonds. The van der Waals surface area contributed by atoms with E-state index in [4.69, 9.17) is 16.3 Å². The van der Waals surface area contributed by atoms with Crippen molar-refractivity contribution < 1.29 is 13.2 Å². The van der Waals surface area contributed by atoms with Gasteiger partial charge in [0.15, 0.2) is 0 Å². The van der Waals surface area contributed by atoms with Gasteiger partial charge in [-0.25, -0.2) is 13.1 Å². The molecule has 0 fully saturated rings. The van der Waals surface area contributed by atoms with Crippen molar-refractivity contribution in [2.24, 2.45) is 0 Å². The van der Waals surface area contributed by atoms with Crippen LogP contribution >= 0.6 is 11.6 Å². The van der Waals surface area contributed by atoms with Crippen molar-refractivity contribution in [2.75, 3.05) is 6.61 Å². The average Bonchev–Trinajstić information content (AvgIpc) is 2.57. The maximum absolute atomic E-state index is 12.5. The van der Waals surface area contributed by atoms with E-state index < -0.39 is 10.0 Å². The van der Waals surface area contributed by atoms with Crippen LogP contribution in [-0.4, -0.2) is 21.1 Å². The molecule has 0 aromatic heterocycles. The number of hydrogen-bond acceptors (Lipinski definition) is 3. The first kappa shape index (κ1) is 18.9. The Labute approximate surface area is 148 Å². The van der Waals surface area contributed by atoms with Crippen LogP contribution in [0, 0.1) is 6.92 Å². The molecule has 0 bridgehead atoms. The molecule has 130 valence electrons. The Morgan fingerprint density at radius 2 is 1.88 bits per heavy atom. The molecular formula is C18H22ClNO3S. The smallest absolute Gasteiger partial charge is 0.240 e. The molecule has 6 heteroatoms. The van der Waals surface area contributed by atoms with Crippen molar-refractivity contribution in [3.63, 3.8) is 0 Å². The number of rotatable bonds is 8. The summed E-state index contributed by atoms with van der Waals surface area (Å²) in [5, 5.41) is 0.436. The second-order valence-electron chi connectivity index (χ2n) is 5.64. The number of benzene rings is 2. The predicted molar refractivity (Wildman–Crippen MR) is 96.7 cm³/mol. The highest BCUT2D eigenvalue weighted by atomic mass is 35.5. The predicted octanol–water partition coefficient (Wildman–Crippen LogP) is 3.92. The second kappa shape index (κ2) is 8.62. The van der Waals surface area contributed by atoms with Crippen molar-refractivity contribution in [1.29, 1.82) is 0 Å². The fraction of sp³-hybridized carbons (Fsp3) is 0.333. The van der Waals surface area contributed by atoms with Gasteiger partial charge in [-0.05, 0) is 36.6 Å². The van der Waals surface area contributed by atoms with Crippen LogP contribution in [0.3, 0.4) is 0 Å². The lowest BCUT2D eigenvalue weighted by atomic mass is 10.2. The zero-order chi connectivity index (χ0) is 17.6. The van der Waals surface area contributed by atoms with Crippen LogP contribution in [0.1, 0.15) is 24.5 Å². The van der Waals surface area contributed by atoms with E-state index in [2.05, 4.69) is 4.72 Å². The molecule has 0 saturated carbocycles. The van der Waals surface area contributed by atoms with E-state index in [-0.39, 0.29) is 10.9 Å². The summed E-state index contributed by atoms with van der Waals surface area (Å²) in [5.41, 5.74) is 1.90. The number of halogens is 1. The SMILES string of the molecule is CCC(COCc1ccccc1)NS(=O)(=O)c1ccc(C)c(Cl)c1. The van der Waals surface area contributed by atoms with Gasteiger partial charge in [-0.15, -0.1) is 0 Å². The third kappa shape index (κ3) is 5.31. The van der Waals surface area contributed by atoms with Crippen molar-refractivity contribution in [3.05, 3.63) is 64.7 Å².